The molecule has 34 heavy (non-hydrogen) atoms. The number of methoxy groups -OCH3 is 4. The van der Waals surface area contributed by atoms with Gasteiger partial charge in [0.05, 0.1) is 59.4 Å². The Hall–Kier alpha value is -3.68. The molecule has 0 aliphatic carbocycles. The van der Waals surface area contributed by atoms with Gasteiger partial charge < -0.3 is 23.7 Å². The van der Waals surface area contributed by atoms with Gasteiger partial charge in [-0.1, -0.05) is 6.92 Å². The highest BCUT2D eigenvalue weighted by atomic mass is 16.5. The summed E-state index contributed by atoms with van der Waals surface area (Å²) in [5.74, 6) is 2.26. The summed E-state index contributed by atoms with van der Waals surface area (Å²) < 4.78 is 28.8. The summed E-state index contributed by atoms with van der Waals surface area (Å²) in [6.45, 7) is 4.60. The number of carbonyl (C=O) groups excluding carboxylic acids is 1. The molecular weight excluding hydrogens is 436 g/mol. The zero-order chi connectivity index (χ0) is 24.7. The van der Waals surface area contributed by atoms with Crippen molar-refractivity contribution in [3.63, 3.8) is 0 Å². The minimum absolute atomic E-state index is 0.213. The molecule has 8 heteroatoms. The Morgan fingerprint density at radius 1 is 0.824 bits per heavy atom. The summed E-state index contributed by atoms with van der Waals surface area (Å²) in [5, 5.41) is 4.93. The Morgan fingerprint density at radius 3 is 1.91 bits per heavy atom. The van der Waals surface area contributed by atoms with Crippen molar-refractivity contribution in [3.8, 4) is 45.5 Å². The summed E-state index contributed by atoms with van der Waals surface area (Å²) in [6.07, 6.45) is 0.942. The highest BCUT2D eigenvalue weighted by Crippen LogP contribution is 2.39. The predicted octanol–water partition coefficient (Wildman–Crippen LogP) is 4.77. The van der Waals surface area contributed by atoms with Crippen LogP contribution in [0.4, 0.5) is 0 Å². The van der Waals surface area contributed by atoms with Gasteiger partial charge in [0.1, 0.15) is 0 Å². The second-order valence-electron chi connectivity index (χ2n) is 7.45. The molecule has 0 saturated heterocycles. The molecule has 3 rings (SSSR count). The van der Waals surface area contributed by atoms with E-state index in [4.69, 9.17) is 28.8 Å². The Balaban J connectivity index is 2.18. The lowest BCUT2D eigenvalue weighted by Crippen LogP contribution is -2.11. The maximum absolute atomic E-state index is 12.1. The van der Waals surface area contributed by atoms with E-state index in [1.54, 1.807) is 35.4 Å². The molecule has 182 valence electrons. The highest BCUT2D eigenvalue weighted by molar-refractivity contribution is 5.77. The molecule has 0 amide bonds. The molecule has 0 atom stereocenters. The number of esters is 1. The number of rotatable bonds is 11. The van der Waals surface area contributed by atoms with Crippen molar-refractivity contribution in [1.82, 2.24) is 9.78 Å². The van der Waals surface area contributed by atoms with E-state index in [0.717, 1.165) is 34.5 Å². The first-order chi connectivity index (χ1) is 16.5. The lowest BCUT2D eigenvalue weighted by Gasteiger charge is -2.13. The van der Waals surface area contributed by atoms with Crippen molar-refractivity contribution >= 4 is 5.97 Å². The highest BCUT2D eigenvalue weighted by Gasteiger charge is 2.22. The van der Waals surface area contributed by atoms with E-state index in [-0.39, 0.29) is 12.4 Å². The smallest absolute Gasteiger partial charge is 0.307 e. The molecule has 0 spiro atoms. The first-order valence-corrected chi connectivity index (χ1v) is 11.2. The van der Waals surface area contributed by atoms with Crippen LogP contribution in [0, 0.1) is 0 Å². The van der Waals surface area contributed by atoms with Crippen molar-refractivity contribution in [1.29, 1.82) is 0 Å². The van der Waals surface area contributed by atoms with Gasteiger partial charge in [-0.05, 0) is 49.7 Å². The number of hydrogen-bond acceptors (Lipinski definition) is 7. The summed E-state index contributed by atoms with van der Waals surface area (Å²) in [7, 11) is 6.42. The van der Waals surface area contributed by atoms with Crippen LogP contribution in [0.1, 0.15) is 25.8 Å². The number of benzene rings is 2. The zero-order valence-corrected chi connectivity index (χ0v) is 20.6. The molecule has 0 saturated carbocycles. The third kappa shape index (κ3) is 5.11. The van der Waals surface area contributed by atoms with Crippen LogP contribution < -0.4 is 18.9 Å². The summed E-state index contributed by atoms with van der Waals surface area (Å²) in [6, 6.07) is 11.5. The van der Waals surface area contributed by atoms with Crippen LogP contribution in [0.15, 0.2) is 36.4 Å². The summed E-state index contributed by atoms with van der Waals surface area (Å²) in [5.41, 5.74) is 4.58. The van der Waals surface area contributed by atoms with Crippen molar-refractivity contribution < 1.29 is 28.5 Å². The summed E-state index contributed by atoms with van der Waals surface area (Å²) >= 11 is 0. The van der Waals surface area contributed by atoms with Crippen LogP contribution in [0.5, 0.6) is 23.0 Å². The average Bonchev–Trinajstić information content (AvgIpc) is 3.25. The number of hydrogen-bond donors (Lipinski definition) is 0. The van der Waals surface area contributed by atoms with Gasteiger partial charge in [0.15, 0.2) is 23.0 Å². The van der Waals surface area contributed by atoms with Gasteiger partial charge in [-0.15, -0.1) is 0 Å². The van der Waals surface area contributed by atoms with E-state index >= 15 is 0 Å². The molecule has 0 unspecified atom stereocenters. The zero-order valence-electron chi connectivity index (χ0n) is 20.6. The monoisotopic (exact) mass is 468 g/mol. The van der Waals surface area contributed by atoms with Crippen molar-refractivity contribution in [3.05, 3.63) is 42.0 Å². The van der Waals surface area contributed by atoms with Crippen LogP contribution in [-0.4, -0.2) is 50.8 Å². The third-order valence-electron chi connectivity index (χ3n) is 5.55. The normalized spacial score (nSPS) is 10.6. The number of aryl methyl sites for hydroxylation is 1. The van der Waals surface area contributed by atoms with E-state index in [0.29, 0.717) is 36.1 Å². The fraction of sp³-hybridized carbons (Fsp3) is 0.385. The molecule has 0 aliphatic heterocycles. The Bertz CT molecular complexity index is 1140. The SMILES string of the molecule is CCOC(=O)CCn1nc(-c2ccc(OC)c(OC)c2)c(CC)c1-c1ccc(OC)c(OC)c1. The molecule has 1 heterocycles. The van der Waals surface area contributed by atoms with Gasteiger partial charge in [0.25, 0.3) is 0 Å². The molecule has 0 bridgehead atoms. The average molecular weight is 469 g/mol. The molecule has 1 aromatic heterocycles. The first kappa shape index (κ1) is 25.0. The molecule has 0 radical (unpaired) electrons. The standard InChI is InChI=1S/C26H32N2O6/c1-7-19-25(17-9-11-20(30-3)22(15-17)32-5)27-28(14-13-24(29)34-8-2)26(19)18-10-12-21(31-4)23(16-18)33-6/h9-12,15-16H,7-8,13-14H2,1-6H3. The van der Waals surface area contributed by atoms with E-state index in [1.807, 2.05) is 41.1 Å². The van der Waals surface area contributed by atoms with E-state index in [2.05, 4.69) is 6.92 Å². The predicted molar refractivity (Wildman–Crippen MR) is 130 cm³/mol. The lowest BCUT2D eigenvalue weighted by molar-refractivity contribution is -0.143. The Labute approximate surface area is 200 Å². The first-order valence-electron chi connectivity index (χ1n) is 11.2. The molecule has 0 fully saturated rings. The second-order valence-corrected chi connectivity index (χ2v) is 7.45. The van der Waals surface area contributed by atoms with E-state index < -0.39 is 0 Å². The molecule has 0 N–H and O–H groups in total. The largest absolute Gasteiger partial charge is 0.493 e. The molecule has 3 aromatic rings. The summed E-state index contributed by atoms with van der Waals surface area (Å²) in [4.78, 5) is 12.1. The number of ether oxygens (including phenoxy) is 5. The molecule has 0 aliphatic rings. The van der Waals surface area contributed by atoms with Crippen LogP contribution >= 0.6 is 0 Å². The van der Waals surface area contributed by atoms with Gasteiger partial charge in [-0.2, -0.15) is 5.10 Å². The lowest BCUT2D eigenvalue weighted by atomic mass is 9.99. The van der Waals surface area contributed by atoms with Crippen molar-refractivity contribution in [2.24, 2.45) is 0 Å². The fourth-order valence-corrected chi connectivity index (χ4v) is 3.95. The minimum Gasteiger partial charge on any atom is -0.493 e. The second kappa shape index (κ2) is 11.4. The fourth-order valence-electron chi connectivity index (χ4n) is 3.95. The molecule has 8 nitrogen and oxygen atoms in total. The molecular formula is C26H32N2O6. The van der Waals surface area contributed by atoms with Gasteiger partial charge in [-0.25, -0.2) is 0 Å². The maximum Gasteiger partial charge on any atom is 0.307 e. The van der Waals surface area contributed by atoms with Gasteiger partial charge in [0.2, 0.25) is 0 Å². The quantitative estimate of drug-likeness (QED) is 0.375. The number of aromatic nitrogens is 2. The van der Waals surface area contributed by atoms with Crippen molar-refractivity contribution in [2.75, 3.05) is 35.0 Å². The number of carbonyl (C=O) groups is 1. The minimum atomic E-state index is -0.262. The van der Waals surface area contributed by atoms with Crippen LogP contribution in [0.25, 0.3) is 22.5 Å². The number of nitrogens with zero attached hydrogens (tertiary/aromatic N) is 2. The van der Waals surface area contributed by atoms with Crippen LogP contribution in [0.3, 0.4) is 0 Å². The maximum atomic E-state index is 12.1. The Kier molecular flexibility index (Phi) is 8.40. The third-order valence-corrected chi connectivity index (χ3v) is 5.55. The Morgan fingerprint density at radius 2 is 1.38 bits per heavy atom. The van der Waals surface area contributed by atoms with E-state index in [1.165, 1.54) is 0 Å². The van der Waals surface area contributed by atoms with Gasteiger partial charge >= 0.3 is 5.97 Å². The van der Waals surface area contributed by atoms with Gasteiger partial charge in [-0.3, -0.25) is 9.48 Å². The van der Waals surface area contributed by atoms with Crippen LogP contribution in [-0.2, 0) is 22.5 Å². The van der Waals surface area contributed by atoms with Crippen molar-refractivity contribution in [2.45, 2.75) is 33.2 Å². The molecule has 2 aromatic carbocycles. The van der Waals surface area contributed by atoms with Gasteiger partial charge in [0, 0.05) is 16.7 Å². The van der Waals surface area contributed by atoms with E-state index in [9.17, 15) is 4.79 Å². The topological polar surface area (TPSA) is 81.0 Å². The van der Waals surface area contributed by atoms with Crippen LogP contribution in [0.2, 0.25) is 0 Å².